The van der Waals surface area contributed by atoms with Crippen molar-refractivity contribution in [3.05, 3.63) is 59.7 Å². The number of hydrogen-bond donors (Lipinski definition) is 1. The quantitative estimate of drug-likeness (QED) is 0.769. The predicted molar refractivity (Wildman–Crippen MR) is 103 cm³/mol. The Morgan fingerprint density at radius 1 is 1.04 bits per heavy atom. The van der Waals surface area contributed by atoms with Crippen LogP contribution in [0.25, 0.3) is 0 Å². The number of carbonyl (C=O) groups excluding carboxylic acids is 1. The number of benzene rings is 2. The highest BCUT2D eigenvalue weighted by Gasteiger charge is 2.15. The van der Waals surface area contributed by atoms with Crippen LogP contribution in [0.5, 0.6) is 5.75 Å². The molecule has 7 heteroatoms. The summed E-state index contributed by atoms with van der Waals surface area (Å²) >= 11 is 0. The van der Waals surface area contributed by atoms with E-state index in [1.165, 1.54) is 4.31 Å². The molecule has 0 atom stereocenters. The van der Waals surface area contributed by atoms with E-state index in [9.17, 15) is 13.2 Å². The van der Waals surface area contributed by atoms with Crippen LogP contribution in [-0.2, 0) is 16.6 Å². The molecule has 26 heavy (non-hydrogen) atoms. The first-order valence-corrected chi connectivity index (χ1v) is 10.3. The van der Waals surface area contributed by atoms with Gasteiger partial charge in [-0.1, -0.05) is 12.1 Å². The van der Waals surface area contributed by atoms with Crippen LogP contribution in [0.15, 0.2) is 48.5 Å². The number of sulfonamides is 1. The zero-order valence-corrected chi connectivity index (χ0v) is 16.0. The van der Waals surface area contributed by atoms with Crippen LogP contribution in [0.2, 0.25) is 0 Å². The van der Waals surface area contributed by atoms with E-state index in [1.807, 2.05) is 31.2 Å². The molecule has 2 aromatic rings. The molecule has 0 spiro atoms. The van der Waals surface area contributed by atoms with Crippen LogP contribution < -0.4 is 14.4 Å². The lowest BCUT2D eigenvalue weighted by atomic mass is 10.1. The molecule has 0 aromatic heterocycles. The Balaban J connectivity index is 1.99. The molecule has 2 rings (SSSR count). The molecule has 0 aliphatic rings. The van der Waals surface area contributed by atoms with Gasteiger partial charge in [-0.15, -0.1) is 0 Å². The molecule has 0 fully saturated rings. The van der Waals surface area contributed by atoms with Gasteiger partial charge in [0.25, 0.3) is 5.91 Å². The lowest BCUT2D eigenvalue weighted by molar-refractivity contribution is 0.0951. The van der Waals surface area contributed by atoms with Crippen LogP contribution in [0, 0.1) is 0 Å². The van der Waals surface area contributed by atoms with Crippen molar-refractivity contribution in [2.24, 2.45) is 0 Å². The molecule has 0 aliphatic heterocycles. The Hall–Kier alpha value is -2.54. The number of ether oxygens (including phenoxy) is 1. The molecule has 1 N–H and O–H groups in total. The van der Waals surface area contributed by atoms with Gasteiger partial charge in [0, 0.05) is 18.7 Å². The van der Waals surface area contributed by atoms with Crippen molar-refractivity contribution in [2.75, 3.05) is 23.7 Å². The fraction of sp³-hybridized carbons (Fsp3) is 0.316. The van der Waals surface area contributed by atoms with E-state index >= 15 is 0 Å². The average molecular weight is 376 g/mol. The van der Waals surface area contributed by atoms with Crippen molar-refractivity contribution in [1.29, 1.82) is 0 Å². The smallest absolute Gasteiger partial charge is 0.251 e. The first kappa shape index (κ1) is 19.8. The summed E-state index contributed by atoms with van der Waals surface area (Å²) in [7, 11) is -3.33. The van der Waals surface area contributed by atoms with Gasteiger partial charge in [0.2, 0.25) is 10.0 Å². The Bertz CT molecular complexity index is 831. The fourth-order valence-electron chi connectivity index (χ4n) is 2.54. The third kappa shape index (κ3) is 5.23. The predicted octanol–water partition coefficient (Wildman–Crippen LogP) is 2.80. The first-order chi connectivity index (χ1) is 12.3. The second-order valence-electron chi connectivity index (χ2n) is 5.73. The third-order valence-corrected chi connectivity index (χ3v) is 5.06. The number of nitrogens with one attached hydrogen (secondary N) is 1. The van der Waals surface area contributed by atoms with E-state index in [0.29, 0.717) is 30.9 Å². The van der Waals surface area contributed by atoms with Gasteiger partial charge < -0.3 is 10.1 Å². The van der Waals surface area contributed by atoms with Crippen LogP contribution >= 0.6 is 0 Å². The molecule has 6 nitrogen and oxygen atoms in total. The summed E-state index contributed by atoms with van der Waals surface area (Å²) < 4.78 is 30.2. The number of nitrogens with zero attached hydrogens (tertiary/aromatic N) is 1. The van der Waals surface area contributed by atoms with Crippen molar-refractivity contribution in [1.82, 2.24) is 5.32 Å². The first-order valence-electron chi connectivity index (χ1n) is 8.42. The van der Waals surface area contributed by atoms with E-state index in [4.69, 9.17) is 4.74 Å². The Morgan fingerprint density at radius 2 is 1.65 bits per heavy atom. The van der Waals surface area contributed by atoms with Gasteiger partial charge in [0.1, 0.15) is 5.75 Å². The van der Waals surface area contributed by atoms with Crippen LogP contribution in [0.1, 0.15) is 29.8 Å². The SMILES string of the molecule is CCOc1ccc(CNC(=O)c2ccc(N(CC)S(C)(=O)=O)cc2)cc1. The van der Waals surface area contributed by atoms with Crippen molar-refractivity contribution in [3.63, 3.8) is 0 Å². The second-order valence-corrected chi connectivity index (χ2v) is 7.64. The molecule has 1 amide bonds. The largest absolute Gasteiger partial charge is 0.494 e. The zero-order valence-electron chi connectivity index (χ0n) is 15.2. The number of hydrogen-bond acceptors (Lipinski definition) is 4. The highest BCUT2D eigenvalue weighted by molar-refractivity contribution is 7.92. The van der Waals surface area contributed by atoms with Gasteiger partial charge in [-0.2, -0.15) is 0 Å². The van der Waals surface area contributed by atoms with E-state index < -0.39 is 10.0 Å². The zero-order chi connectivity index (χ0) is 19.2. The number of anilines is 1. The van der Waals surface area contributed by atoms with Gasteiger partial charge >= 0.3 is 0 Å². The van der Waals surface area contributed by atoms with Crippen molar-refractivity contribution in [2.45, 2.75) is 20.4 Å². The third-order valence-electron chi connectivity index (χ3n) is 3.79. The second kappa shape index (κ2) is 8.71. The van der Waals surface area contributed by atoms with Crippen LogP contribution in [-0.4, -0.2) is 33.7 Å². The number of rotatable bonds is 8. The maximum atomic E-state index is 12.3. The van der Waals surface area contributed by atoms with Crippen LogP contribution in [0.4, 0.5) is 5.69 Å². The summed E-state index contributed by atoms with van der Waals surface area (Å²) in [6, 6.07) is 14.0. The van der Waals surface area contributed by atoms with Crippen molar-refractivity contribution >= 4 is 21.6 Å². The molecule has 0 unspecified atom stereocenters. The summed E-state index contributed by atoms with van der Waals surface area (Å²) in [5, 5.41) is 2.85. The van der Waals surface area contributed by atoms with E-state index in [-0.39, 0.29) is 5.91 Å². The molecule has 0 saturated carbocycles. The van der Waals surface area contributed by atoms with Crippen molar-refractivity contribution in [3.8, 4) is 5.75 Å². The summed E-state index contributed by atoms with van der Waals surface area (Å²) in [6.07, 6.45) is 1.16. The Kier molecular flexibility index (Phi) is 6.63. The maximum Gasteiger partial charge on any atom is 0.251 e. The molecule has 0 radical (unpaired) electrons. The normalized spacial score (nSPS) is 11.0. The fourth-order valence-corrected chi connectivity index (χ4v) is 3.52. The minimum atomic E-state index is -3.33. The van der Waals surface area contributed by atoms with E-state index in [2.05, 4.69) is 5.32 Å². The minimum Gasteiger partial charge on any atom is -0.494 e. The number of carbonyl (C=O) groups is 1. The van der Waals surface area contributed by atoms with Gasteiger partial charge in [-0.25, -0.2) is 8.42 Å². The minimum absolute atomic E-state index is 0.215. The highest BCUT2D eigenvalue weighted by Crippen LogP contribution is 2.18. The van der Waals surface area contributed by atoms with Gasteiger partial charge in [0.15, 0.2) is 0 Å². The topological polar surface area (TPSA) is 75.7 Å². The average Bonchev–Trinajstić information content (AvgIpc) is 2.61. The Labute approximate surface area is 154 Å². The van der Waals surface area contributed by atoms with Gasteiger partial charge in [0.05, 0.1) is 18.6 Å². The maximum absolute atomic E-state index is 12.3. The van der Waals surface area contributed by atoms with E-state index in [1.54, 1.807) is 31.2 Å². The summed E-state index contributed by atoms with van der Waals surface area (Å²) in [5.41, 5.74) is 1.98. The molecule has 2 aromatic carbocycles. The van der Waals surface area contributed by atoms with Crippen molar-refractivity contribution < 1.29 is 17.9 Å². The molecule has 0 bridgehead atoms. The molecule has 0 saturated heterocycles. The standard InChI is InChI=1S/C19H24N2O4S/c1-4-21(26(3,23)24)17-10-8-16(9-11-17)19(22)20-14-15-6-12-18(13-7-15)25-5-2/h6-13H,4-5,14H2,1-3H3,(H,20,22). The summed E-state index contributed by atoms with van der Waals surface area (Å²) in [4.78, 5) is 12.3. The Morgan fingerprint density at radius 3 is 2.15 bits per heavy atom. The molecular formula is C19H24N2O4S. The molecule has 0 aliphatic carbocycles. The number of amides is 1. The molecular weight excluding hydrogens is 352 g/mol. The lowest BCUT2D eigenvalue weighted by Gasteiger charge is -2.20. The highest BCUT2D eigenvalue weighted by atomic mass is 32.2. The monoisotopic (exact) mass is 376 g/mol. The van der Waals surface area contributed by atoms with Gasteiger partial charge in [-0.3, -0.25) is 9.10 Å². The van der Waals surface area contributed by atoms with Crippen LogP contribution in [0.3, 0.4) is 0 Å². The molecule has 140 valence electrons. The van der Waals surface area contributed by atoms with Gasteiger partial charge in [-0.05, 0) is 55.8 Å². The summed E-state index contributed by atoms with van der Waals surface area (Å²) in [5.74, 6) is 0.581. The lowest BCUT2D eigenvalue weighted by Crippen LogP contribution is -2.29. The molecule has 0 heterocycles. The summed E-state index contributed by atoms with van der Waals surface area (Å²) in [6.45, 7) is 5.04. The van der Waals surface area contributed by atoms with E-state index in [0.717, 1.165) is 17.6 Å².